The van der Waals surface area contributed by atoms with Crippen molar-refractivity contribution in [3.63, 3.8) is 0 Å². The standard InChI is InChI=1S/C15H26O2/c1-2-3-4-5-6-7-8-11-14(16)13-10-9-12-15(13)17/h10,15,17H,2-9,11-12H2,1H3. The molecule has 0 radical (unpaired) electrons. The number of aliphatic hydroxyl groups is 1. The zero-order chi connectivity index (χ0) is 12.5. The summed E-state index contributed by atoms with van der Waals surface area (Å²) < 4.78 is 0. The maximum Gasteiger partial charge on any atom is 0.161 e. The number of hydrogen-bond acceptors (Lipinski definition) is 2. The van der Waals surface area contributed by atoms with Gasteiger partial charge < -0.3 is 5.11 Å². The lowest BCUT2D eigenvalue weighted by Gasteiger charge is -2.07. The molecule has 2 heteroatoms. The first-order chi connectivity index (χ1) is 8.25. The molecule has 2 nitrogen and oxygen atoms in total. The molecule has 1 aliphatic rings. The van der Waals surface area contributed by atoms with Gasteiger partial charge in [0.05, 0.1) is 6.10 Å². The number of unbranched alkanes of at least 4 members (excludes halogenated alkanes) is 6. The first kappa shape index (κ1) is 14.4. The van der Waals surface area contributed by atoms with Crippen LogP contribution in [0.3, 0.4) is 0 Å². The van der Waals surface area contributed by atoms with Crippen LogP contribution in [-0.4, -0.2) is 17.0 Å². The van der Waals surface area contributed by atoms with Crippen molar-refractivity contribution in [2.45, 2.75) is 77.2 Å². The number of rotatable bonds is 9. The van der Waals surface area contributed by atoms with Crippen LogP contribution in [0, 0.1) is 0 Å². The second-order valence-corrected chi connectivity index (χ2v) is 5.05. The van der Waals surface area contributed by atoms with Gasteiger partial charge in [-0.15, -0.1) is 0 Å². The Morgan fingerprint density at radius 3 is 2.47 bits per heavy atom. The summed E-state index contributed by atoms with van der Waals surface area (Å²) in [6, 6.07) is 0. The Morgan fingerprint density at radius 1 is 1.24 bits per heavy atom. The molecule has 0 aliphatic heterocycles. The van der Waals surface area contributed by atoms with Gasteiger partial charge in [0.1, 0.15) is 0 Å². The Labute approximate surface area is 105 Å². The zero-order valence-electron chi connectivity index (χ0n) is 11.1. The van der Waals surface area contributed by atoms with Crippen molar-refractivity contribution in [3.8, 4) is 0 Å². The SMILES string of the molecule is CCCCCCCCCC(=O)C1=CCCC1O. The van der Waals surface area contributed by atoms with E-state index in [1.54, 1.807) is 0 Å². The van der Waals surface area contributed by atoms with Gasteiger partial charge in [-0.05, 0) is 19.3 Å². The quantitative estimate of drug-likeness (QED) is 0.621. The molecule has 1 N–H and O–H groups in total. The van der Waals surface area contributed by atoms with Crippen LogP contribution in [0.2, 0.25) is 0 Å². The minimum absolute atomic E-state index is 0.170. The molecule has 0 amide bonds. The van der Waals surface area contributed by atoms with Crippen LogP contribution in [0.4, 0.5) is 0 Å². The summed E-state index contributed by atoms with van der Waals surface area (Å²) in [5.41, 5.74) is 0.677. The summed E-state index contributed by atoms with van der Waals surface area (Å²) in [4.78, 5) is 11.8. The highest BCUT2D eigenvalue weighted by molar-refractivity contribution is 5.96. The molecule has 1 unspecified atom stereocenters. The molecule has 17 heavy (non-hydrogen) atoms. The lowest BCUT2D eigenvalue weighted by Crippen LogP contribution is -2.13. The molecule has 0 aromatic rings. The van der Waals surface area contributed by atoms with Gasteiger partial charge in [0.25, 0.3) is 0 Å². The van der Waals surface area contributed by atoms with Crippen molar-refractivity contribution in [1.82, 2.24) is 0 Å². The molecule has 98 valence electrons. The van der Waals surface area contributed by atoms with Crippen LogP contribution in [-0.2, 0) is 4.79 Å². The van der Waals surface area contributed by atoms with E-state index in [1.807, 2.05) is 6.08 Å². The van der Waals surface area contributed by atoms with Gasteiger partial charge in [0.15, 0.2) is 5.78 Å². The fraction of sp³-hybridized carbons (Fsp3) is 0.800. The first-order valence-corrected chi connectivity index (χ1v) is 7.17. The number of ketones is 1. The molecule has 0 aromatic heterocycles. The summed E-state index contributed by atoms with van der Waals surface area (Å²) in [6.45, 7) is 2.22. The summed E-state index contributed by atoms with van der Waals surface area (Å²) in [7, 11) is 0. The van der Waals surface area contributed by atoms with Crippen molar-refractivity contribution in [3.05, 3.63) is 11.6 Å². The van der Waals surface area contributed by atoms with E-state index < -0.39 is 6.10 Å². The lowest BCUT2D eigenvalue weighted by molar-refractivity contribution is -0.116. The minimum atomic E-state index is -0.480. The van der Waals surface area contributed by atoms with Gasteiger partial charge in [0.2, 0.25) is 0 Å². The molecule has 0 saturated heterocycles. The van der Waals surface area contributed by atoms with E-state index in [0.29, 0.717) is 12.0 Å². The van der Waals surface area contributed by atoms with Crippen molar-refractivity contribution >= 4 is 5.78 Å². The lowest BCUT2D eigenvalue weighted by atomic mass is 10.0. The number of carbonyl (C=O) groups is 1. The predicted octanol–water partition coefficient (Wildman–Crippen LogP) is 3.78. The van der Waals surface area contributed by atoms with E-state index in [0.717, 1.165) is 25.7 Å². The van der Waals surface area contributed by atoms with Gasteiger partial charge in [-0.25, -0.2) is 0 Å². The van der Waals surface area contributed by atoms with E-state index in [-0.39, 0.29) is 5.78 Å². The van der Waals surface area contributed by atoms with Gasteiger partial charge in [-0.1, -0.05) is 51.5 Å². The van der Waals surface area contributed by atoms with Gasteiger partial charge in [-0.2, -0.15) is 0 Å². The fourth-order valence-electron chi connectivity index (χ4n) is 2.37. The van der Waals surface area contributed by atoms with Crippen molar-refractivity contribution in [2.24, 2.45) is 0 Å². The van der Waals surface area contributed by atoms with Gasteiger partial charge >= 0.3 is 0 Å². The number of allylic oxidation sites excluding steroid dienone is 1. The van der Waals surface area contributed by atoms with Crippen molar-refractivity contribution < 1.29 is 9.90 Å². The molecule has 0 aromatic carbocycles. The highest BCUT2D eigenvalue weighted by atomic mass is 16.3. The maximum absolute atomic E-state index is 11.8. The van der Waals surface area contributed by atoms with E-state index in [2.05, 4.69) is 6.92 Å². The zero-order valence-corrected chi connectivity index (χ0v) is 11.1. The van der Waals surface area contributed by atoms with Crippen molar-refractivity contribution in [2.75, 3.05) is 0 Å². The molecule has 0 fully saturated rings. The Balaban J connectivity index is 2.01. The third-order valence-electron chi connectivity index (χ3n) is 3.49. The van der Waals surface area contributed by atoms with Crippen LogP contribution < -0.4 is 0 Å². The minimum Gasteiger partial charge on any atom is -0.388 e. The second-order valence-electron chi connectivity index (χ2n) is 5.05. The third-order valence-corrected chi connectivity index (χ3v) is 3.49. The molecule has 1 rings (SSSR count). The molecule has 1 atom stereocenters. The van der Waals surface area contributed by atoms with Crippen LogP contribution >= 0.6 is 0 Å². The highest BCUT2D eigenvalue weighted by Crippen LogP contribution is 2.21. The van der Waals surface area contributed by atoms with Gasteiger partial charge in [0, 0.05) is 12.0 Å². The van der Waals surface area contributed by atoms with E-state index in [4.69, 9.17) is 0 Å². The summed E-state index contributed by atoms with van der Waals surface area (Å²) in [5.74, 6) is 0.170. The highest BCUT2D eigenvalue weighted by Gasteiger charge is 2.21. The van der Waals surface area contributed by atoms with Gasteiger partial charge in [-0.3, -0.25) is 4.79 Å². The number of carbonyl (C=O) groups excluding carboxylic acids is 1. The monoisotopic (exact) mass is 238 g/mol. The van der Waals surface area contributed by atoms with Crippen molar-refractivity contribution in [1.29, 1.82) is 0 Å². The van der Waals surface area contributed by atoms with Crippen LogP contribution in [0.5, 0.6) is 0 Å². The van der Waals surface area contributed by atoms with Crippen LogP contribution in [0.15, 0.2) is 11.6 Å². The van der Waals surface area contributed by atoms with E-state index >= 15 is 0 Å². The van der Waals surface area contributed by atoms with E-state index in [9.17, 15) is 9.90 Å². The topological polar surface area (TPSA) is 37.3 Å². The predicted molar refractivity (Wildman–Crippen MR) is 70.9 cm³/mol. The third kappa shape index (κ3) is 5.49. The normalized spacial score (nSPS) is 19.4. The van der Waals surface area contributed by atoms with Crippen LogP contribution in [0.1, 0.15) is 71.1 Å². The number of aliphatic hydroxyl groups excluding tert-OH is 1. The summed E-state index contributed by atoms with van der Waals surface area (Å²) in [6.07, 6.45) is 12.3. The molecular formula is C15H26O2. The average Bonchev–Trinajstić information content (AvgIpc) is 2.74. The molecule has 0 bridgehead atoms. The average molecular weight is 238 g/mol. The summed E-state index contributed by atoms with van der Waals surface area (Å²) >= 11 is 0. The molecule has 0 spiro atoms. The largest absolute Gasteiger partial charge is 0.388 e. The Morgan fingerprint density at radius 2 is 1.88 bits per heavy atom. The maximum atomic E-state index is 11.8. The summed E-state index contributed by atoms with van der Waals surface area (Å²) in [5, 5.41) is 9.57. The van der Waals surface area contributed by atoms with E-state index in [1.165, 1.54) is 32.1 Å². The first-order valence-electron chi connectivity index (χ1n) is 7.17. The molecular weight excluding hydrogens is 212 g/mol. The van der Waals surface area contributed by atoms with Crippen LogP contribution in [0.25, 0.3) is 0 Å². The second kappa shape index (κ2) is 8.46. The fourth-order valence-corrected chi connectivity index (χ4v) is 2.37. The Kier molecular flexibility index (Phi) is 7.18. The molecule has 1 aliphatic carbocycles. The number of Topliss-reactive ketones (excluding diaryl/α,β-unsaturated/α-hetero) is 1. The Bertz CT molecular complexity index is 256. The molecule has 0 heterocycles. The smallest absolute Gasteiger partial charge is 0.161 e. The Hall–Kier alpha value is -0.630. The number of hydrogen-bond donors (Lipinski definition) is 1. The molecule has 0 saturated carbocycles.